The molecule has 2 aromatic rings. The molecular weight excluding hydrogens is 247 g/mol. The molecule has 0 atom stereocenters. The molecule has 66 valence electrons. The molecule has 2 N–H and O–H groups in total. The summed E-state index contributed by atoms with van der Waals surface area (Å²) >= 11 is 1.02. The van der Waals surface area contributed by atoms with Gasteiger partial charge < -0.3 is 0 Å². The van der Waals surface area contributed by atoms with Crippen LogP contribution in [0.3, 0.4) is 0 Å². The minimum absolute atomic E-state index is 0.594. The first-order valence-corrected chi connectivity index (χ1v) is 5.96. The Morgan fingerprint density at radius 1 is 1.14 bits per heavy atom. The monoisotopic (exact) mass is 257 g/mol. The zero-order valence-corrected chi connectivity index (χ0v) is 10.7. The summed E-state index contributed by atoms with van der Waals surface area (Å²) in [6, 6.07) is 12.6. The van der Waals surface area contributed by atoms with E-state index in [1.807, 2.05) is 0 Å². The van der Waals surface area contributed by atoms with Crippen LogP contribution in [-0.4, -0.2) is 0 Å². The van der Waals surface area contributed by atoms with Crippen LogP contribution < -0.4 is 5.73 Å². The van der Waals surface area contributed by atoms with Crippen LogP contribution in [-0.2, 0) is 36.8 Å². The molecule has 0 aromatic heterocycles. The van der Waals surface area contributed by atoms with Gasteiger partial charge in [-0.2, -0.15) is 0 Å². The molecule has 0 aliphatic carbocycles. The maximum absolute atomic E-state index is 5.72. The first-order valence-electron chi connectivity index (χ1n) is 4.54. The van der Waals surface area contributed by atoms with E-state index in [4.69, 9.17) is 5.73 Å². The van der Waals surface area contributed by atoms with Crippen LogP contribution >= 0.6 is 0 Å². The van der Waals surface area contributed by atoms with E-state index in [1.54, 1.807) is 0 Å². The molecule has 0 radical (unpaired) electrons. The van der Waals surface area contributed by atoms with Gasteiger partial charge in [0, 0.05) is 0 Å². The Morgan fingerprint density at radius 3 is 2.50 bits per heavy atom. The molecule has 0 unspecified atom stereocenters. The zero-order chi connectivity index (χ0) is 9.97. The average Bonchev–Trinajstić information content (AvgIpc) is 2.27. The Kier molecular flexibility index (Phi) is 3.15. The second-order valence-electron chi connectivity index (χ2n) is 3.17. The minimum atomic E-state index is 0.594. The van der Waals surface area contributed by atoms with E-state index in [1.165, 1.54) is 21.9 Å². The molecule has 0 aliphatic heterocycles. The Balaban J connectivity index is 2.90. The number of benzene rings is 2. The molecule has 2 rings (SSSR count). The molecule has 0 amide bonds. The molecule has 0 bridgehead atoms. The SMILES string of the molecule is NCc1cccc2cccc([C]#[Y])c12. The Bertz CT molecular complexity index is 506. The predicted octanol–water partition coefficient (Wildman–Crippen LogP) is 2.15. The van der Waals surface area contributed by atoms with Crippen molar-refractivity contribution in [3.63, 3.8) is 0 Å². The summed E-state index contributed by atoms with van der Waals surface area (Å²) in [6.07, 6.45) is 0. The fourth-order valence-electron chi connectivity index (χ4n) is 1.71. The van der Waals surface area contributed by atoms with Gasteiger partial charge in [0.15, 0.2) is 0 Å². The van der Waals surface area contributed by atoms with Crippen LogP contribution in [0.5, 0.6) is 0 Å². The third-order valence-corrected chi connectivity index (χ3v) is 3.13. The van der Waals surface area contributed by atoms with E-state index >= 15 is 0 Å². The maximum atomic E-state index is 5.72. The number of nitrogens with two attached hydrogens (primary N) is 1. The van der Waals surface area contributed by atoms with E-state index in [0.717, 1.165) is 30.2 Å². The van der Waals surface area contributed by atoms with Gasteiger partial charge in [-0.3, -0.25) is 0 Å². The molecule has 0 aliphatic rings. The van der Waals surface area contributed by atoms with Crippen molar-refractivity contribution in [1.29, 1.82) is 0 Å². The van der Waals surface area contributed by atoms with Crippen LogP contribution in [0.25, 0.3) is 10.8 Å². The van der Waals surface area contributed by atoms with Gasteiger partial charge in [-0.15, -0.1) is 0 Å². The number of hydrogen-bond donors (Lipinski definition) is 1. The predicted molar refractivity (Wildman–Crippen MR) is 54.8 cm³/mol. The van der Waals surface area contributed by atoms with Crippen molar-refractivity contribution in [3.05, 3.63) is 47.5 Å². The zero-order valence-electron chi connectivity index (χ0n) is 7.83. The van der Waals surface area contributed by atoms with Crippen molar-refractivity contribution >= 4 is 10.8 Å². The quantitative estimate of drug-likeness (QED) is 0.832. The van der Waals surface area contributed by atoms with Gasteiger partial charge >= 0.3 is 103 Å². The van der Waals surface area contributed by atoms with Crippen molar-refractivity contribution in [2.75, 3.05) is 0 Å². The van der Waals surface area contributed by atoms with Crippen LogP contribution in [0.1, 0.15) is 11.1 Å². The summed E-state index contributed by atoms with van der Waals surface area (Å²) in [5.41, 5.74) is 8.13. The summed E-state index contributed by atoms with van der Waals surface area (Å²) in [4.78, 5) is 0. The molecular formula is C12H10NY. The summed E-state index contributed by atoms with van der Waals surface area (Å²) < 4.78 is 3.32. The van der Waals surface area contributed by atoms with Gasteiger partial charge in [-0.1, -0.05) is 0 Å². The molecule has 14 heavy (non-hydrogen) atoms. The van der Waals surface area contributed by atoms with Crippen molar-refractivity contribution in [3.8, 4) is 2.59 Å². The second-order valence-corrected chi connectivity index (χ2v) is 3.88. The van der Waals surface area contributed by atoms with Gasteiger partial charge in [0.1, 0.15) is 0 Å². The fourth-order valence-corrected chi connectivity index (χ4v) is 2.30. The third kappa shape index (κ3) is 1.69. The standard InChI is InChI=1S/C12H10N.Y/c1-9-4-2-5-10-6-3-7-11(8-13)12(9)10;/h2-7H,8,13H2;. The van der Waals surface area contributed by atoms with Crippen LogP contribution in [0.15, 0.2) is 36.4 Å². The molecule has 2 aromatic carbocycles. The Hall–Kier alpha value is -0.456. The molecule has 0 heterocycles. The van der Waals surface area contributed by atoms with Crippen molar-refractivity contribution in [2.24, 2.45) is 5.73 Å². The van der Waals surface area contributed by atoms with Gasteiger partial charge in [-0.25, -0.2) is 0 Å². The van der Waals surface area contributed by atoms with Crippen molar-refractivity contribution in [1.82, 2.24) is 0 Å². The summed E-state index contributed by atoms with van der Waals surface area (Å²) in [7, 11) is 0. The summed E-state index contributed by atoms with van der Waals surface area (Å²) in [5, 5.41) is 2.53. The normalized spacial score (nSPS) is 10.2. The molecule has 2 heteroatoms. The number of hydrogen-bond acceptors (Lipinski definition) is 1. The second kappa shape index (κ2) is 4.38. The molecule has 0 saturated heterocycles. The van der Waals surface area contributed by atoms with E-state index < -0.39 is 0 Å². The van der Waals surface area contributed by atoms with Crippen LogP contribution in [0.2, 0.25) is 0 Å². The first-order chi connectivity index (χ1) is 6.86. The van der Waals surface area contributed by atoms with Crippen LogP contribution in [0, 0.1) is 2.59 Å². The van der Waals surface area contributed by atoms with E-state index in [-0.39, 0.29) is 0 Å². The van der Waals surface area contributed by atoms with Crippen molar-refractivity contribution < 1.29 is 30.2 Å². The average molecular weight is 257 g/mol. The van der Waals surface area contributed by atoms with Gasteiger partial charge in [0.25, 0.3) is 0 Å². The van der Waals surface area contributed by atoms with Crippen molar-refractivity contribution in [2.45, 2.75) is 6.54 Å². The Morgan fingerprint density at radius 2 is 1.86 bits per heavy atom. The molecule has 0 spiro atoms. The first kappa shape index (κ1) is 10.1. The topological polar surface area (TPSA) is 26.0 Å². The van der Waals surface area contributed by atoms with E-state index in [0.29, 0.717) is 6.54 Å². The van der Waals surface area contributed by atoms with Gasteiger partial charge in [-0.05, 0) is 0 Å². The summed E-state index contributed by atoms with van der Waals surface area (Å²) in [6.45, 7) is 0.594. The molecule has 0 saturated carbocycles. The summed E-state index contributed by atoms with van der Waals surface area (Å²) in [5.74, 6) is 0. The fraction of sp³-hybridized carbons (Fsp3) is 0.0833. The van der Waals surface area contributed by atoms with Crippen LogP contribution in [0.4, 0.5) is 0 Å². The molecule has 1 nitrogen and oxygen atoms in total. The van der Waals surface area contributed by atoms with Gasteiger partial charge in [0.2, 0.25) is 0 Å². The number of rotatable bonds is 1. The molecule has 0 fully saturated rings. The third-order valence-electron chi connectivity index (χ3n) is 2.37. The van der Waals surface area contributed by atoms with E-state index in [2.05, 4.69) is 39.0 Å². The Labute approximate surface area is 103 Å². The van der Waals surface area contributed by atoms with Gasteiger partial charge in [0.05, 0.1) is 0 Å². The van der Waals surface area contributed by atoms with E-state index in [9.17, 15) is 0 Å². The number of fused-ring (bicyclic) bond motifs is 1.